The van der Waals surface area contributed by atoms with E-state index in [1.54, 1.807) is 5.51 Å². The van der Waals surface area contributed by atoms with Gasteiger partial charge in [0.05, 0.1) is 11.6 Å². The molecule has 1 aliphatic heterocycles. The molecule has 0 aliphatic carbocycles. The minimum absolute atomic E-state index is 0.0419. The number of rotatable bonds is 2. The number of nitrogens with zero attached hydrogens (tertiary/aromatic N) is 3. The molecular weight excluding hydrogens is 270 g/mol. The quantitative estimate of drug-likeness (QED) is 0.850. The molecule has 0 spiro atoms. The van der Waals surface area contributed by atoms with Crippen molar-refractivity contribution in [2.24, 2.45) is 0 Å². The number of carbonyl (C=O) groups excluding carboxylic acids is 1. The van der Waals surface area contributed by atoms with Gasteiger partial charge in [-0.05, 0) is 12.6 Å². The van der Waals surface area contributed by atoms with Crippen LogP contribution in [-0.4, -0.2) is 47.4 Å². The van der Waals surface area contributed by atoms with Crippen LogP contribution < -0.4 is 0 Å². The number of thiazole rings is 1. The average molecular weight is 287 g/mol. The molecule has 5 heteroatoms. The number of hydrogen-bond donors (Lipinski definition) is 0. The lowest BCUT2D eigenvalue weighted by Gasteiger charge is -2.39. The molecule has 3 rings (SSSR count). The molecule has 1 atom stereocenters. The van der Waals surface area contributed by atoms with Crippen molar-refractivity contribution >= 4 is 17.2 Å². The zero-order valence-corrected chi connectivity index (χ0v) is 12.2. The second kappa shape index (κ2) is 5.73. The molecule has 1 fully saturated rings. The van der Waals surface area contributed by atoms with Crippen LogP contribution in [0, 0.1) is 0 Å². The summed E-state index contributed by atoms with van der Waals surface area (Å²) in [4.78, 5) is 20.7. The average Bonchev–Trinajstić information content (AvgIpc) is 3.02. The predicted octanol–water partition coefficient (Wildman–Crippen LogP) is 2.27. The van der Waals surface area contributed by atoms with Crippen molar-refractivity contribution in [2.75, 3.05) is 26.7 Å². The van der Waals surface area contributed by atoms with E-state index >= 15 is 0 Å². The highest BCUT2D eigenvalue weighted by molar-refractivity contribution is 7.07. The van der Waals surface area contributed by atoms with Gasteiger partial charge in [-0.15, -0.1) is 11.3 Å². The standard InChI is InChI=1S/C15H17N3OS/c1-17-7-8-18(15(19)13-10-20-11-16-13)9-14(17)12-5-3-2-4-6-12/h2-6,10-11,14H,7-9H2,1H3/t14-/m0/s1. The number of aromatic nitrogens is 1. The molecule has 0 unspecified atom stereocenters. The Labute approximate surface area is 122 Å². The van der Waals surface area contributed by atoms with E-state index in [1.807, 2.05) is 28.5 Å². The molecule has 0 N–H and O–H groups in total. The number of likely N-dealkylation sites (N-methyl/N-ethyl adjacent to an activating group) is 1. The predicted molar refractivity (Wildman–Crippen MR) is 79.8 cm³/mol. The number of hydrogen-bond acceptors (Lipinski definition) is 4. The van der Waals surface area contributed by atoms with Crippen molar-refractivity contribution < 1.29 is 4.79 Å². The molecule has 1 aromatic heterocycles. The van der Waals surface area contributed by atoms with Gasteiger partial charge in [-0.2, -0.15) is 0 Å². The van der Waals surface area contributed by atoms with E-state index in [2.05, 4.69) is 29.1 Å². The van der Waals surface area contributed by atoms with Crippen LogP contribution in [0.4, 0.5) is 0 Å². The minimum atomic E-state index is 0.0419. The topological polar surface area (TPSA) is 36.4 Å². The van der Waals surface area contributed by atoms with Gasteiger partial charge < -0.3 is 4.90 Å². The number of piperazine rings is 1. The Hall–Kier alpha value is -1.72. The Kier molecular flexibility index (Phi) is 3.80. The third-order valence-corrected chi connectivity index (χ3v) is 4.36. The molecule has 2 aromatic rings. The van der Waals surface area contributed by atoms with Gasteiger partial charge in [-0.1, -0.05) is 30.3 Å². The molecule has 0 saturated carbocycles. The number of amides is 1. The highest BCUT2D eigenvalue weighted by Gasteiger charge is 2.29. The first-order valence-corrected chi connectivity index (χ1v) is 7.62. The third kappa shape index (κ3) is 2.59. The van der Waals surface area contributed by atoms with Crippen molar-refractivity contribution in [1.29, 1.82) is 0 Å². The molecule has 104 valence electrons. The van der Waals surface area contributed by atoms with Crippen LogP contribution in [0.3, 0.4) is 0 Å². The highest BCUT2D eigenvalue weighted by Crippen LogP contribution is 2.24. The lowest BCUT2D eigenvalue weighted by molar-refractivity contribution is 0.0541. The van der Waals surface area contributed by atoms with Crippen LogP contribution in [0.5, 0.6) is 0 Å². The van der Waals surface area contributed by atoms with Gasteiger partial charge in [0, 0.05) is 25.0 Å². The zero-order chi connectivity index (χ0) is 13.9. The monoisotopic (exact) mass is 287 g/mol. The Morgan fingerprint density at radius 2 is 2.10 bits per heavy atom. The van der Waals surface area contributed by atoms with Crippen molar-refractivity contribution in [3.05, 3.63) is 52.5 Å². The van der Waals surface area contributed by atoms with Gasteiger partial charge in [-0.3, -0.25) is 9.69 Å². The van der Waals surface area contributed by atoms with Gasteiger partial charge in [0.25, 0.3) is 5.91 Å². The first kappa shape index (κ1) is 13.3. The van der Waals surface area contributed by atoms with E-state index in [0.29, 0.717) is 5.69 Å². The van der Waals surface area contributed by atoms with E-state index in [4.69, 9.17) is 0 Å². The fourth-order valence-electron chi connectivity index (χ4n) is 2.57. The summed E-state index contributed by atoms with van der Waals surface area (Å²) in [6.45, 7) is 2.36. The second-order valence-electron chi connectivity index (χ2n) is 5.03. The molecule has 20 heavy (non-hydrogen) atoms. The summed E-state index contributed by atoms with van der Waals surface area (Å²) < 4.78 is 0. The lowest BCUT2D eigenvalue weighted by Crippen LogP contribution is -2.49. The molecule has 1 saturated heterocycles. The Bertz CT molecular complexity index is 570. The summed E-state index contributed by atoms with van der Waals surface area (Å²) >= 11 is 1.46. The molecule has 2 heterocycles. The van der Waals surface area contributed by atoms with Crippen LogP contribution in [0.1, 0.15) is 22.1 Å². The summed E-state index contributed by atoms with van der Waals surface area (Å²) in [5, 5.41) is 1.82. The van der Waals surface area contributed by atoms with Crippen molar-refractivity contribution in [2.45, 2.75) is 6.04 Å². The Morgan fingerprint density at radius 3 is 2.80 bits per heavy atom. The molecule has 0 bridgehead atoms. The fourth-order valence-corrected chi connectivity index (χ4v) is 3.10. The van der Waals surface area contributed by atoms with Crippen LogP contribution in [-0.2, 0) is 0 Å². The zero-order valence-electron chi connectivity index (χ0n) is 11.4. The lowest BCUT2D eigenvalue weighted by atomic mass is 10.0. The maximum absolute atomic E-state index is 12.4. The van der Waals surface area contributed by atoms with Crippen LogP contribution >= 0.6 is 11.3 Å². The SMILES string of the molecule is CN1CCN(C(=O)c2cscn2)C[C@H]1c1ccccc1. The minimum Gasteiger partial charge on any atom is -0.334 e. The van der Waals surface area contributed by atoms with Gasteiger partial charge >= 0.3 is 0 Å². The first-order valence-electron chi connectivity index (χ1n) is 6.68. The molecule has 1 aromatic carbocycles. The summed E-state index contributed by atoms with van der Waals surface area (Å²) in [6.07, 6.45) is 0. The Balaban J connectivity index is 1.78. The third-order valence-electron chi connectivity index (χ3n) is 3.77. The van der Waals surface area contributed by atoms with E-state index in [1.165, 1.54) is 16.9 Å². The van der Waals surface area contributed by atoms with Crippen LogP contribution in [0.2, 0.25) is 0 Å². The molecule has 1 amide bonds. The van der Waals surface area contributed by atoms with Crippen LogP contribution in [0.15, 0.2) is 41.2 Å². The van der Waals surface area contributed by atoms with Crippen molar-refractivity contribution in [3.8, 4) is 0 Å². The number of benzene rings is 1. The molecular formula is C15H17N3OS. The summed E-state index contributed by atoms with van der Waals surface area (Å²) in [6, 6.07) is 10.6. The van der Waals surface area contributed by atoms with Crippen molar-refractivity contribution in [1.82, 2.24) is 14.8 Å². The number of carbonyl (C=O) groups is 1. The van der Waals surface area contributed by atoms with Gasteiger partial charge in [-0.25, -0.2) is 4.98 Å². The van der Waals surface area contributed by atoms with Gasteiger partial charge in [0.1, 0.15) is 5.69 Å². The summed E-state index contributed by atoms with van der Waals surface area (Å²) in [5.41, 5.74) is 3.52. The van der Waals surface area contributed by atoms with Gasteiger partial charge in [0.15, 0.2) is 0 Å². The van der Waals surface area contributed by atoms with Crippen molar-refractivity contribution in [3.63, 3.8) is 0 Å². The maximum Gasteiger partial charge on any atom is 0.273 e. The normalized spacial score (nSPS) is 20.1. The molecule has 0 radical (unpaired) electrons. The van der Waals surface area contributed by atoms with E-state index in [0.717, 1.165) is 19.6 Å². The fraction of sp³-hybridized carbons (Fsp3) is 0.333. The highest BCUT2D eigenvalue weighted by atomic mass is 32.1. The second-order valence-corrected chi connectivity index (χ2v) is 5.75. The van der Waals surface area contributed by atoms with E-state index in [9.17, 15) is 4.79 Å². The molecule has 4 nitrogen and oxygen atoms in total. The first-order chi connectivity index (χ1) is 9.75. The smallest absolute Gasteiger partial charge is 0.273 e. The largest absolute Gasteiger partial charge is 0.334 e. The Morgan fingerprint density at radius 1 is 1.30 bits per heavy atom. The summed E-state index contributed by atoms with van der Waals surface area (Å²) in [7, 11) is 2.11. The maximum atomic E-state index is 12.4. The van der Waals surface area contributed by atoms with E-state index < -0.39 is 0 Å². The van der Waals surface area contributed by atoms with Gasteiger partial charge in [0.2, 0.25) is 0 Å². The van der Waals surface area contributed by atoms with Crippen LogP contribution in [0.25, 0.3) is 0 Å². The van der Waals surface area contributed by atoms with E-state index in [-0.39, 0.29) is 11.9 Å². The summed E-state index contributed by atoms with van der Waals surface area (Å²) in [5.74, 6) is 0.0419. The molecule has 1 aliphatic rings.